The SMILES string of the molecule is Cn1nnnc1SCCNC(=O)[C@@H]1Cc2ccccc2O1. The second-order valence-corrected chi connectivity index (χ2v) is 5.70. The van der Waals surface area contributed by atoms with E-state index in [1.807, 2.05) is 24.3 Å². The topological polar surface area (TPSA) is 81.9 Å². The van der Waals surface area contributed by atoms with Gasteiger partial charge in [0.2, 0.25) is 5.16 Å². The summed E-state index contributed by atoms with van der Waals surface area (Å²) in [6.07, 6.45) is 0.200. The molecule has 7 nitrogen and oxygen atoms in total. The Morgan fingerprint density at radius 1 is 1.52 bits per heavy atom. The van der Waals surface area contributed by atoms with Crippen molar-refractivity contribution < 1.29 is 9.53 Å². The van der Waals surface area contributed by atoms with Gasteiger partial charge in [-0.05, 0) is 22.1 Å². The number of carbonyl (C=O) groups is 1. The Morgan fingerprint density at radius 2 is 2.38 bits per heavy atom. The molecule has 1 aromatic carbocycles. The number of carbonyl (C=O) groups excluding carboxylic acids is 1. The van der Waals surface area contributed by atoms with Crippen molar-refractivity contribution in [2.24, 2.45) is 7.05 Å². The lowest BCUT2D eigenvalue weighted by atomic mass is 10.1. The van der Waals surface area contributed by atoms with Gasteiger partial charge >= 0.3 is 0 Å². The smallest absolute Gasteiger partial charge is 0.261 e. The fraction of sp³-hybridized carbons (Fsp3) is 0.385. The van der Waals surface area contributed by atoms with Gasteiger partial charge < -0.3 is 10.1 Å². The number of thioether (sulfide) groups is 1. The fourth-order valence-electron chi connectivity index (χ4n) is 2.10. The maximum absolute atomic E-state index is 12.1. The Labute approximate surface area is 126 Å². The van der Waals surface area contributed by atoms with Crippen molar-refractivity contribution in [2.45, 2.75) is 17.7 Å². The molecule has 2 heterocycles. The lowest BCUT2D eigenvalue weighted by molar-refractivity contribution is -0.127. The predicted molar refractivity (Wildman–Crippen MR) is 77.1 cm³/mol. The van der Waals surface area contributed by atoms with Gasteiger partial charge in [-0.1, -0.05) is 30.0 Å². The molecule has 0 bridgehead atoms. The monoisotopic (exact) mass is 305 g/mol. The first-order valence-corrected chi connectivity index (χ1v) is 7.60. The van der Waals surface area contributed by atoms with Crippen LogP contribution in [0.3, 0.4) is 0 Å². The number of hydrogen-bond acceptors (Lipinski definition) is 6. The standard InChI is InChI=1S/C13H15N5O2S/c1-18-13(15-16-17-18)21-7-6-14-12(19)11-8-9-4-2-3-5-10(9)20-11/h2-5,11H,6-8H2,1H3,(H,14,19)/t11-/m0/s1. The van der Waals surface area contributed by atoms with Gasteiger partial charge in [-0.2, -0.15) is 0 Å². The van der Waals surface area contributed by atoms with Gasteiger partial charge in [0.25, 0.3) is 5.91 Å². The first kappa shape index (κ1) is 13.9. The number of nitrogens with one attached hydrogen (secondary N) is 1. The van der Waals surface area contributed by atoms with E-state index in [1.54, 1.807) is 11.7 Å². The lowest BCUT2D eigenvalue weighted by Gasteiger charge is -2.10. The minimum Gasteiger partial charge on any atom is -0.480 e. The van der Waals surface area contributed by atoms with Crippen LogP contribution in [0.1, 0.15) is 5.56 Å². The van der Waals surface area contributed by atoms with Crippen LogP contribution in [0.15, 0.2) is 29.4 Å². The Kier molecular flexibility index (Phi) is 4.05. The van der Waals surface area contributed by atoms with E-state index >= 15 is 0 Å². The summed E-state index contributed by atoms with van der Waals surface area (Å²) in [5.74, 6) is 1.43. The predicted octanol–water partition coefficient (Wildman–Crippen LogP) is 0.422. The number of aromatic nitrogens is 4. The third kappa shape index (κ3) is 3.15. The maximum atomic E-state index is 12.1. The number of amides is 1. The van der Waals surface area contributed by atoms with Gasteiger partial charge in [-0.3, -0.25) is 4.79 Å². The van der Waals surface area contributed by atoms with Crippen LogP contribution in [0, 0.1) is 0 Å². The summed E-state index contributed by atoms with van der Waals surface area (Å²) in [6.45, 7) is 0.548. The number of rotatable bonds is 5. The average molecular weight is 305 g/mol. The number of aryl methyl sites for hydroxylation is 1. The van der Waals surface area contributed by atoms with Crippen LogP contribution in [-0.2, 0) is 18.3 Å². The molecule has 110 valence electrons. The first-order chi connectivity index (χ1) is 10.2. The van der Waals surface area contributed by atoms with Gasteiger partial charge in [-0.25, -0.2) is 4.68 Å². The molecule has 0 saturated carbocycles. The number of hydrogen-bond donors (Lipinski definition) is 1. The van der Waals surface area contributed by atoms with Crippen molar-refractivity contribution in [3.63, 3.8) is 0 Å². The number of ether oxygens (including phenoxy) is 1. The van der Waals surface area contributed by atoms with E-state index in [0.717, 1.165) is 16.5 Å². The van der Waals surface area contributed by atoms with E-state index < -0.39 is 6.10 Å². The molecule has 0 fully saturated rings. The molecule has 0 spiro atoms. The molecule has 0 saturated heterocycles. The molecule has 0 aliphatic carbocycles. The number of para-hydroxylation sites is 1. The second kappa shape index (κ2) is 6.13. The normalized spacial score (nSPS) is 16.3. The summed E-state index contributed by atoms with van der Waals surface area (Å²) in [4.78, 5) is 12.1. The summed E-state index contributed by atoms with van der Waals surface area (Å²) in [7, 11) is 1.78. The quantitative estimate of drug-likeness (QED) is 0.637. The molecule has 1 aliphatic rings. The third-order valence-electron chi connectivity index (χ3n) is 3.15. The van der Waals surface area contributed by atoms with Gasteiger partial charge in [0.05, 0.1) is 0 Å². The van der Waals surface area contributed by atoms with E-state index in [-0.39, 0.29) is 5.91 Å². The molecule has 21 heavy (non-hydrogen) atoms. The molecule has 1 N–H and O–H groups in total. The highest BCUT2D eigenvalue weighted by molar-refractivity contribution is 7.99. The lowest BCUT2D eigenvalue weighted by Crippen LogP contribution is -2.38. The molecular weight excluding hydrogens is 290 g/mol. The van der Waals surface area contributed by atoms with Crippen molar-refractivity contribution in [3.8, 4) is 5.75 Å². The molecule has 2 aromatic rings. The van der Waals surface area contributed by atoms with Crippen molar-refractivity contribution in [1.82, 2.24) is 25.5 Å². The molecule has 1 atom stereocenters. The zero-order chi connectivity index (χ0) is 14.7. The van der Waals surface area contributed by atoms with Crippen LogP contribution in [0.2, 0.25) is 0 Å². The highest BCUT2D eigenvalue weighted by Crippen LogP contribution is 2.28. The summed E-state index contributed by atoms with van der Waals surface area (Å²) in [6, 6.07) is 7.73. The van der Waals surface area contributed by atoms with E-state index in [0.29, 0.717) is 18.7 Å². The van der Waals surface area contributed by atoms with Crippen molar-refractivity contribution in [3.05, 3.63) is 29.8 Å². The zero-order valence-corrected chi connectivity index (χ0v) is 12.3. The van der Waals surface area contributed by atoms with Crippen LogP contribution in [0.4, 0.5) is 0 Å². The van der Waals surface area contributed by atoms with Crippen LogP contribution < -0.4 is 10.1 Å². The molecule has 1 aromatic heterocycles. The van der Waals surface area contributed by atoms with Crippen molar-refractivity contribution in [2.75, 3.05) is 12.3 Å². The van der Waals surface area contributed by atoms with E-state index in [2.05, 4.69) is 20.8 Å². The summed E-state index contributed by atoms with van der Waals surface area (Å²) in [5, 5.41) is 14.8. The Bertz CT molecular complexity index is 620. The summed E-state index contributed by atoms with van der Waals surface area (Å²) >= 11 is 1.50. The molecular formula is C13H15N5O2S. The molecule has 8 heteroatoms. The third-order valence-corrected chi connectivity index (χ3v) is 4.17. The van der Waals surface area contributed by atoms with Gasteiger partial charge in [-0.15, -0.1) is 5.10 Å². The van der Waals surface area contributed by atoms with Crippen molar-refractivity contribution >= 4 is 17.7 Å². The number of tetrazole rings is 1. The largest absolute Gasteiger partial charge is 0.480 e. The Morgan fingerprint density at radius 3 is 3.14 bits per heavy atom. The van der Waals surface area contributed by atoms with Crippen LogP contribution in [0.5, 0.6) is 5.75 Å². The van der Waals surface area contributed by atoms with Gasteiger partial charge in [0.1, 0.15) is 5.75 Å². The number of fused-ring (bicyclic) bond motifs is 1. The summed E-state index contributed by atoms with van der Waals surface area (Å²) in [5.41, 5.74) is 1.08. The van der Waals surface area contributed by atoms with E-state index in [1.165, 1.54) is 11.8 Å². The first-order valence-electron chi connectivity index (χ1n) is 6.61. The average Bonchev–Trinajstić information content (AvgIpc) is 3.09. The highest BCUT2D eigenvalue weighted by atomic mass is 32.2. The molecule has 1 aliphatic heterocycles. The Balaban J connectivity index is 1.43. The molecule has 1 amide bonds. The molecule has 3 rings (SSSR count). The second-order valence-electron chi connectivity index (χ2n) is 4.64. The Hall–Kier alpha value is -2.09. The zero-order valence-electron chi connectivity index (χ0n) is 11.5. The van der Waals surface area contributed by atoms with E-state index in [9.17, 15) is 4.79 Å². The fourth-order valence-corrected chi connectivity index (χ4v) is 2.81. The van der Waals surface area contributed by atoms with Crippen LogP contribution in [-0.4, -0.2) is 44.5 Å². The molecule has 0 unspecified atom stereocenters. The van der Waals surface area contributed by atoms with E-state index in [4.69, 9.17) is 4.74 Å². The van der Waals surface area contributed by atoms with Crippen LogP contribution >= 0.6 is 11.8 Å². The summed E-state index contributed by atoms with van der Waals surface area (Å²) < 4.78 is 7.24. The van der Waals surface area contributed by atoms with Crippen LogP contribution in [0.25, 0.3) is 0 Å². The number of benzene rings is 1. The minimum absolute atomic E-state index is 0.0807. The van der Waals surface area contributed by atoms with Gasteiger partial charge in [0, 0.05) is 25.8 Å². The number of nitrogens with zero attached hydrogens (tertiary/aromatic N) is 4. The highest BCUT2D eigenvalue weighted by Gasteiger charge is 2.28. The van der Waals surface area contributed by atoms with Gasteiger partial charge in [0.15, 0.2) is 6.10 Å². The molecule has 0 radical (unpaired) electrons. The van der Waals surface area contributed by atoms with Crippen molar-refractivity contribution in [1.29, 1.82) is 0 Å². The maximum Gasteiger partial charge on any atom is 0.261 e. The minimum atomic E-state index is -0.427.